The molecule has 2 aromatic heterocycles. The van der Waals surface area contributed by atoms with E-state index >= 15 is 0 Å². The Hall–Kier alpha value is -4.22. The summed E-state index contributed by atoms with van der Waals surface area (Å²) in [6.45, 7) is 10.8. The van der Waals surface area contributed by atoms with E-state index in [9.17, 15) is 24.0 Å². The zero-order valence-electron chi connectivity index (χ0n) is 26.5. The first-order valence-electron chi connectivity index (χ1n) is 15.0. The van der Waals surface area contributed by atoms with Gasteiger partial charge in [-0.2, -0.15) is 0 Å². The standard InChI is InChI=1S/C33H39NO11/c1-17(35)40-16-32(6)24-14-26(42-19(3)37)33(7)29(31(24,5)11-10-25(32)41-18(2)36)28(43-20(4)38)27-23(45-33)13-22(44-30(27)39)21-9-8-12-34-15-21/h8-9,12-13,15,24-26,28-29H,10-11,14,16H2,1-7H3/t24?,25-,26-,28-,29?,31-,32-,33+/m0/s1. The zero-order chi connectivity index (χ0) is 32.9. The van der Waals surface area contributed by atoms with Crippen molar-refractivity contribution in [2.24, 2.45) is 22.7 Å². The van der Waals surface area contributed by atoms with Crippen LogP contribution in [0, 0.1) is 22.7 Å². The molecule has 3 aliphatic rings. The molecule has 0 amide bonds. The van der Waals surface area contributed by atoms with Crippen molar-refractivity contribution < 1.29 is 47.3 Å². The van der Waals surface area contributed by atoms with E-state index in [0.29, 0.717) is 18.4 Å². The Bertz CT molecular complexity index is 1570. The van der Waals surface area contributed by atoms with Gasteiger partial charge < -0.3 is 28.1 Å². The van der Waals surface area contributed by atoms with Gasteiger partial charge in [0, 0.05) is 63.1 Å². The molecule has 5 rings (SSSR count). The predicted molar refractivity (Wildman–Crippen MR) is 157 cm³/mol. The van der Waals surface area contributed by atoms with Crippen LogP contribution in [0.2, 0.25) is 0 Å². The van der Waals surface area contributed by atoms with Crippen LogP contribution in [-0.2, 0) is 38.1 Å². The Kier molecular flexibility index (Phi) is 8.30. The minimum absolute atomic E-state index is 0.0348. The summed E-state index contributed by atoms with van der Waals surface area (Å²) in [4.78, 5) is 67.4. The van der Waals surface area contributed by atoms with Gasteiger partial charge in [0.05, 0.1) is 0 Å². The van der Waals surface area contributed by atoms with Gasteiger partial charge in [0.2, 0.25) is 0 Å². The van der Waals surface area contributed by atoms with Crippen molar-refractivity contribution in [3.63, 3.8) is 0 Å². The molecule has 2 saturated carbocycles. The molecule has 12 nitrogen and oxygen atoms in total. The number of pyridine rings is 1. The van der Waals surface area contributed by atoms with Gasteiger partial charge in [-0.15, -0.1) is 0 Å². The van der Waals surface area contributed by atoms with E-state index in [4.69, 9.17) is 28.1 Å². The quantitative estimate of drug-likeness (QED) is 0.331. The molecule has 8 atom stereocenters. The van der Waals surface area contributed by atoms with Crippen LogP contribution in [0.5, 0.6) is 5.75 Å². The highest BCUT2D eigenvalue weighted by Gasteiger charge is 2.71. The molecular formula is C33H39NO11. The van der Waals surface area contributed by atoms with E-state index in [2.05, 4.69) is 4.98 Å². The third kappa shape index (κ3) is 5.59. The van der Waals surface area contributed by atoms with Crippen LogP contribution in [0.15, 0.2) is 39.8 Å². The fourth-order valence-corrected chi connectivity index (χ4v) is 8.31. The smallest absolute Gasteiger partial charge is 0.347 e. The van der Waals surface area contributed by atoms with Gasteiger partial charge >= 0.3 is 29.5 Å². The van der Waals surface area contributed by atoms with Gasteiger partial charge in [0.1, 0.15) is 42.0 Å². The molecule has 2 unspecified atom stereocenters. The summed E-state index contributed by atoms with van der Waals surface area (Å²) in [5.41, 5.74) is -3.18. The minimum Gasteiger partial charge on any atom is -0.482 e. The van der Waals surface area contributed by atoms with Crippen LogP contribution in [0.1, 0.15) is 79.4 Å². The SMILES string of the molecule is CC(=O)OC[C@@]1(C)C2C[C@H](OC(C)=O)[C@@]3(C)Oc4cc(-c5cccnc5)oc(=O)c4[C@H](OC(C)=O)C3[C@@]2(C)CC[C@@H]1OC(C)=O. The van der Waals surface area contributed by atoms with E-state index in [1.807, 2.05) is 13.8 Å². The van der Waals surface area contributed by atoms with Gasteiger partial charge in [-0.25, -0.2) is 4.79 Å². The van der Waals surface area contributed by atoms with Crippen molar-refractivity contribution >= 4 is 23.9 Å². The van der Waals surface area contributed by atoms with Gasteiger partial charge in [0.25, 0.3) is 0 Å². The molecule has 0 spiro atoms. The highest BCUT2D eigenvalue weighted by atomic mass is 16.6. The number of hydrogen-bond donors (Lipinski definition) is 0. The number of hydrogen-bond acceptors (Lipinski definition) is 12. The summed E-state index contributed by atoms with van der Waals surface area (Å²) >= 11 is 0. The van der Waals surface area contributed by atoms with Crippen LogP contribution < -0.4 is 10.4 Å². The van der Waals surface area contributed by atoms with Crippen LogP contribution in [0.25, 0.3) is 11.3 Å². The second-order valence-corrected chi connectivity index (χ2v) is 13.0. The minimum atomic E-state index is -1.29. The maximum Gasteiger partial charge on any atom is 0.347 e. The summed E-state index contributed by atoms with van der Waals surface area (Å²) in [5.74, 6) is -2.99. The molecule has 242 valence electrons. The second kappa shape index (κ2) is 11.6. The van der Waals surface area contributed by atoms with Crippen LogP contribution in [0.4, 0.5) is 0 Å². The maximum absolute atomic E-state index is 13.8. The van der Waals surface area contributed by atoms with E-state index in [-0.39, 0.29) is 30.1 Å². The van der Waals surface area contributed by atoms with Crippen molar-refractivity contribution in [2.45, 2.75) is 91.6 Å². The normalized spacial score (nSPS) is 33.3. The van der Waals surface area contributed by atoms with Gasteiger partial charge in [0.15, 0.2) is 5.60 Å². The predicted octanol–water partition coefficient (Wildman–Crippen LogP) is 4.33. The number of aromatic nitrogens is 1. The number of fused-ring (bicyclic) bond motifs is 4. The zero-order valence-corrected chi connectivity index (χ0v) is 26.5. The lowest BCUT2D eigenvalue weighted by Crippen LogP contribution is -2.71. The third-order valence-electron chi connectivity index (χ3n) is 10.00. The summed E-state index contributed by atoms with van der Waals surface area (Å²) in [6.07, 6.45) is 1.56. The van der Waals surface area contributed by atoms with Gasteiger partial charge in [-0.3, -0.25) is 24.2 Å². The Labute approximate surface area is 260 Å². The van der Waals surface area contributed by atoms with Crippen molar-refractivity contribution in [3.05, 3.63) is 46.6 Å². The molecule has 2 aliphatic carbocycles. The lowest BCUT2D eigenvalue weighted by Gasteiger charge is -2.66. The van der Waals surface area contributed by atoms with E-state index in [0.717, 1.165) is 0 Å². The first-order valence-corrected chi connectivity index (χ1v) is 15.0. The molecule has 1 aliphatic heterocycles. The number of esters is 4. The van der Waals surface area contributed by atoms with Gasteiger partial charge in [-0.1, -0.05) is 13.8 Å². The summed E-state index contributed by atoms with van der Waals surface area (Å²) in [5, 5.41) is 0. The molecule has 0 bridgehead atoms. The van der Waals surface area contributed by atoms with E-state index in [1.54, 1.807) is 37.5 Å². The third-order valence-corrected chi connectivity index (χ3v) is 10.00. The van der Waals surface area contributed by atoms with Crippen LogP contribution in [-0.4, -0.2) is 53.3 Å². The molecule has 0 aromatic carbocycles. The average molecular weight is 626 g/mol. The Morgan fingerprint density at radius 2 is 1.62 bits per heavy atom. The first kappa shape index (κ1) is 32.2. The molecule has 2 fully saturated rings. The number of carbonyl (C=O) groups excluding carboxylic acids is 4. The maximum atomic E-state index is 13.8. The van der Waals surface area contributed by atoms with E-state index in [1.165, 1.54) is 27.7 Å². The first-order chi connectivity index (χ1) is 21.1. The average Bonchev–Trinajstić information content (AvgIpc) is 2.94. The molecular weight excluding hydrogens is 586 g/mol. The summed E-state index contributed by atoms with van der Waals surface area (Å²) < 4.78 is 35.8. The number of rotatable bonds is 6. The molecule has 0 saturated heterocycles. The molecule has 0 radical (unpaired) electrons. The Balaban J connectivity index is 1.73. The lowest BCUT2D eigenvalue weighted by atomic mass is 9.42. The van der Waals surface area contributed by atoms with Crippen molar-refractivity contribution in [2.75, 3.05) is 6.61 Å². The molecule has 3 heterocycles. The van der Waals surface area contributed by atoms with Crippen molar-refractivity contribution in [1.82, 2.24) is 4.98 Å². The molecule has 12 heteroatoms. The Morgan fingerprint density at radius 1 is 0.956 bits per heavy atom. The Morgan fingerprint density at radius 3 is 2.22 bits per heavy atom. The van der Waals surface area contributed by atoms with Gasteiger partial charge in [-0.05, 0) is 49.7 Å². The summed E-state index contributed by atoms with van der Waals surface area (Å²) in [6, 6.07) is 4.99. The highest BCUT2D eigenvalue weighted by molar-refractivity contribution is 5.68. The van der Waals surface area contributed by atoms with Crippen LogP contribution in [0.3, 0.4) is 0 Å². The highest BCUT2D eigenvalue weighted by Crippen LogP contribution is 2.68. The van der Waals surface area contributed by atoms with Crippen molar-refractivity contribution in [1.29, 1.82) is 0 Å². The molecule has 45 heavy (non-hydrogen) atoms. The number of ether oxygens (including phenoxy) is 5. The number of carbonyl (C=O) groups is 4. The monoisotopic (exact) mass is 625 g/mol. The van der Waals surface area contributed by atoms with Crippen molar-refractivity contribution in [3.8, 4) is 17.1 Å². The van der Waals surface area contributed by atoms with E-state index < -0.39 is 76.1 Å². The fraction of sp³-hybridized carbons (Fsp3) is 0.576. The largest absolute Gasteiger partial charge is 0.482 e. The molecule has 2 aromatic rings. The summed E-state index contributed by atoms with van der Waals surface area (Å²) in [7, 11) is 0. The fourth-order valence-electron chi connectivity index (χ4n) is 8.31. The number of nitrogens with zero attached hydrogens (tertiary/aromatic N) is 1. The second-order valence-electron chi connectivity index (χ2n) is 13.0. The molecule has 0 N–H and O–H groups in total. The van der Waals surface area contributed by atoms with Crippen LogP contribution >= 0.6 is 0 Å². The lowest BCUT2D eigenvalue weighted by molar-refractivity contribution is -0.273. The topological polar surface area (TPSA) is 158 Å².